The lowest BCUT2D eigenvalue weighted by Gasteiger charge is -2.21. The van der Waals surface area contributed by atoms with E-state index >= 15 is 0 Å². The van der Waals surface area contributed by atoms with Crippen molar-refractivity contribution < 1.29 is 18.3 Å². The van der Waals surface area contributed by atoms with Crippen molar-refractivity contribution in [3.05, 3.63) is 34.9 Å². The summed E-state index contributed by atoms with van der Waals surface area (Å²) in [6, 6.07) is 1.96. The van der Waals surface area contributed by atoms with Crippen LogP contribution in [0.4, 0.5) is 8.78 Å². The number of rotatable bonds is 5. The van der Waals surface area contributed by atoms with Gasteiger partial charge in [0, 0.05) is 26.7 Å². The molecule has 1 atom stereocenters. The highest BCUT2D eigenvalue weighted by Gasteiger charge is 2.23. The van der Waals surface area contributed by atoms with Gasteiger partial charge in [-0.2, -0.15) is 0 Å². The first-order valence-corrected chi connectivity index (χ1v) is 5.83. The molecule has 0 spiro atoms. The van der Waals surface area contributed by atoms with Gasteiger partial charge in [-0.05, 0) is 18.6 Å². The fraction of sp³-hybridized carbons (Fsp3) is 0.462. The van der Waals surface area contributed by atoms with E-state index in [0.717, 1.165) is 6.07 Å². The summed E-state index contributed by atoms with van der Waals surface area (Å²) in [5.74, 6) is -2.44. The molecule has 1 unspecified atom stereocenters. The summed E-state index contributed by atoms with van der Waals surface area (Å²) in [5.41, 5.74) is 5.37. The number of likely N-dealkylation sites (N-methyl/N-ethyl adjacent to an activating group) is 1. The van der Waals surface area contributed by atoms with Crippen LogP contribution in [0.15, 0.2) is 12.1 Å². The van der Waals surface area contributed by atoms with E-state index < -0.39 is 29.1 Å². The Kier molecular flexibility index (Phi) is 5.38. The number of ether oxygens (including phenoxy) is 1. The van der Waals surface area contributed by atoms with E-state index in [1.54, 1.807) is 0 Å². The molecule has 19 heavy (non-hydrogen) atoms. The van der Waals surface area contributed by atoms with Crippen molar-refractivity contribution in [1.82, 2.24) is 4.90 Å². The lowest BCUT2D eigenvalue weighted by molar-refractivity contribution is 0.0755. The van der Waals surface area contributed by atoms with Crippen molar-refractivity contribution in [1.29, 1.82) is 0 Å². The van der Waals surface area contributed by atoms with Crippen LogP contribution >= 0.6 is 0 Å². The minimum absolute atomic E-state index is 0.152. The van der Waals surface area contributed by atoms with Gasteiger partial charge in [-0.15, -0.1) is 0 Å². The van der Waals surface area contributed by atoms with E-state index in [1.807, 2.05) is 0 Å². The van der Waals surface area contributed by atoms with Crippen LogP contribution in [-0.4, -0.2) is 44.2 Å². The smallest absolute Gasteiger partial charge is 0.259 e. The minimum Gasteiger partial charge on any atom is -0.383 e. The Labute approximate surface area is 111 Å². The molecule has 6 heteroatoms. The summed E-state index contributed by atoms with van der Waals surface area (Å²) in [5, 5.41) is 0. The molecular formula is C13H18F2N2O2. The molecule has 1 aromatic carbocycles. The van der Waals surface area contributed by atoms with Gasteiger partial charge in [-0.1, -0.05) is 6.07 Å². The number of aryl methyl sites for hydroxylation is 1. The van der Waals surface area contributed by atoms with Gasteiger partial charge in [0.15, 0.2) is 0 Å². The maximum Gasteiger partial charge on any atom is 0.259 e. The van der Waals surface area contributed by atoms with Gasteiger partial charge in [-0.3, -0.25) is 4.79 Å². The third-order valence-corrected chi connectivity index (χ3v) is 2.73. The summed E-state index contributed by atoms with van der Waals surface area (Å²) >= 11 is 0. The van der Waals surface area contributed by atoms with Crippen LogP contribution in [0.25, 0.3) is 0 Å². The molecule has 0 heterocycles. The molecule has 106 valence electrons. The highest BCUT2D eigenvalue weighted by molar-refractivity contribution is 5.94. The summed E-state index contributed by atoms with van der Waals surface area (Å²) in [6.07, 6.45) is 0. The molecule has 0 aliphatic rings. The normalized spacial score (nSPS) is 12.3. The topological polar surface area (TPSA) is 55.6 Å². The predicted molar refractivity (Wildman–Crippen MR) is 67.9 cm³/mol. The molecule has 0 saturated carbocycles. The third-order valence-electron chi connectivity index (χ3n) is 2.73. The maximum atomic E-state index is 13.8. The van der Waals surface area contributed by atoms with Gasteiger partial charge in [0.2, 0.25) is 0 Å². The van der Waals surface area contributed by atoms with E-state index in [4.69, 9.17) is 10.5 Å². The zero-order valence-electron chi connectivity index (χ0n) is 11.2. The van der Waals surface area contributed by atoms with Gasteiger partial charge in [0.1, 0.15) is 17.2 Å². The van der Waals surface area contributed by atoms with Crippen LogP contribution < -0.4 is 5.73 Å². The third kappa shape index (κ3) is 3.71. The highest BCUT2D eigenvalue weighted by atomic mass is 19.1. The van der Waals surface area contributed by atoms with Crippen molar-refractivity contribution in [3.8, 4) is 0 Å². The van der Waals surface area contributed by atoms with E-state index in [-0.39, 0.29) is 18.7 Å². The molecule has 0 aliphatic carbocycles. The quantitative estimate of drug-likeness (QED) is 0.879. The Balaban J connectivity index is 2.91. The molecule has 0 fully saturated rings. The molecule has 0 radical (unpaired) electrons. The van der Waals surface area contributed by atoms with Crippen molar-refractivity contribution in [2.24, 2.45) is 5.73 Å². The largest absolute Gasteiger partial charge is 0.383 e. The van der Waals surface area contributed by atoms with Crippen LogP contribution in [0.5, 0.6) is 0 Å². The Morgan fingerprint density at radius 1 is 1.47 bits per heavy atom. The predicted octanol–water partition coefficient (Wildman–Crippen LogP) is 1.32. The van der Waals surface area contributed by atoms with E-state index in [2.05, 4.69) is 0 Å². The first-order valence-electron chi connectivity index (χ1n) is 5.83. The first kappa shape index (κ1) is 15.5. The number of amides is 1. The molecule has 4 nitrogen and oxygen atoms in total. The summed E-state index contributed by atoms with van der Waals surface area (Å²) in [7, 11) is 2.93. The van der Waals surface area contributed by atoms with E-state index in [1.165, 1.54) is 32.0 Å². The number of carbonyl (C=O) groups is 1. The Morgan fingerprint density at radius 3 is 2.68 bits per heavy atom. The molecule has 0 aliphatic heterocycles. The zero-order chi connectivity index (χ0) is 14.6. The zero-order valence-corrected chi connectivity index (χ0v) is 11.2. The second kappa shape index (κ2) is 6.58. The van der Waals surface area contributed by atoms with Crippen LogP contribution in [-0.2, 0) is 4.74 Å². The minimum atomic E-state index is -0.875. The van der Waals surface area contributed by atoms with Crippen LogP contribution in [0, 0.1) is 18.6 Å². The molecule has 1 rings (SSSR count). The number of nitrogens with two attached hydrogens (primary N) is 1. The molecule has 1 aromatic rings. The highest BCUT2D eigenvalue weighted by Crippen LogP contribution is 2.17. The number of methoxy groups -OCH3 is 1. The SMILES string of the molecule is COCC(N)CN(C)C(=O)c1c(F)ccc(C)c1F. The van der Waals surface area contributed by atoms with Crippen molar-refractivity contribution in [2.75, 3.05) is 27.3 Å². The van der Waals surface area contributed by atoms with Crippen molar-refractivity contribution in [2.45, 2.75) is 13.0 Å². The molecule has 0 bridgehead atoms. The number of benzene rings is 1. The number of hydrogen-bond donors (Lipinski definition) is 1. The molecular weight excluding hydrogens is 254 g/mol. The van der Waals surface area contributed by atoms with Gasteiger partial charge in [-0.25, -0.2) is 8.78 Å². The number of carbonyl (C=O) groups excluding carboxylic acids is 1. The van der Waals surface area contributed by atoms with Crippen LogP contribution in [0.1, 0.15) is 15.9 Å². The fourth-order valence-corrected chi connectivity index (χ4v) is 1.75. The number of halogens is 2. The average molecular weight is 272 g/mol. The van der Waals surface area contributed by atoms with E-state index in [9.17, 15) is 13.6 Å². The second-order valence-corrected chi connectivity index (χ2v) is 4.45. The van der Waals surface area contributed by atoms with Crippen molar-refractivity contribution in [3.63, 3.8) is 0 Å². The fourth-order valence-electron chi connectivity index (χ4n) is 1.75. The molecule has 1 amide bonds. The summed E-state index contributed by atoms with van der Waals surface area (Å²) in [4.78, 5) is 13.2. The van der Waals surface area contributed by atoms with Crippen LogP contribution in [0.2, 0.25) is 0 Å². The van der Waals surface area contributed by atoms with Gasteiger partial charge in [0.05, 0.1) is 6.61 Å². The second-order valence-electron chi connectivity index (χ2n) is 4.45. The lowest BCUT2D eigenvalue weighted by Crippen LogP contribution is -2.41. The Bertz CT molecular complexity index is 466. The molecule has 2 N–H and O–H groups in total. The summed E-state index contributed by atoms with van der Waals surface area (Å²) < 4.78 is 32.2. The molecule has 0 saturated heterocycles. The van der Waals surface area contributed by atoms with E-state index in [0.29, 0.717) is 0 Å². The van der Waals surface area contributed by atoms with Gasteiger partial charge >= 0.3 is 0 Å². The van der Waals surface area contributed by atoms with Crippen molar-refractivity contribution >= 4 is 5.91 Å². The average Bonchev–Trinajstić information content (AvgIpc) is 2.34. The van der Waals surface area contributed by atoms with Gasteiger partial charge < -0.3 is 15.4 Å². The molecule has 0 aromatic heterocycles. The maximum absolute atomic E-state index is 13.8. The Morgan fingerprint density at radius 2 is 2.11 bits per heavy atom. The monoisotopic (exact) mass is 272 g/mol. The standard InChI is InChI=1S/C13H18F2N2O2/c1-8-4-5-10(14)11(12(8)15)13(18)17(2)6-9(16)7-19-3/h4-5,9H,6-7,16H2,1-3H3. The Hall–Kier alpha value is -1.53. The summed E-state index contributed by atoms with van der Waals surface area (Å²) in [6.45, 7) is 1.89. The number of hydrogen-bond acceptors (Lipinski definition) is 3. The lowest BCUT2D eigenvalue weighted by atomic mass is 10.1. The first-order chi connectivity index (χ1) is 8.88. The number of nitrogens with zero attached hydrogens (tertiary/aromatic N) is 1. The van der Waals surface area contributed by atoms with Crippen LogP contribution in [0.3, 0.4) is 0 Å². The van der Waals surface area contributed by atoms with Gasteiger partial charge in [0.25, 0.3) is 5.91 Å².